The standard InChI is InChI=1S/C17H25N5O2/c1-13-5-6-14(19-18-13)21-9-4-10-22(12-11-21)16(24)17(7-8-17)15(23)20(2)3/h5-6H,4,7-12H2,1-3H3. The van der Waals surface area contributed by atoms with E-state index in [2.05, 4.69) is 15.1 Å². The van der Waals surface area contributed by atoms with E-state index in [-0.39, 0.29) is 11.8 Å². The van der Waals surface area contributed by atoms with Gasteiger partial charge in [0.2, 0.25) is 11.8 Å². The van der Waals surface area contributed by atoms with Crippen LogP contribution in [0.1, 0.15) is 25.0 Å². The van der Waals surface area contributed by atoms with Crippen molar-refractivity contribution < 1.29 is 9.59 Å². The number of carbonyl (C=O) groups is 2. The Bertz CT molecular complexity index is 624. The molecule has 7 nitrogen and oxygen atoms in total. The molecule has 2 amide bonds. The van der Waals surface area contributed by atoms with Crippen molar-refractivity contribution in [1.29, 1.82) is 0 Å². The third kappa shape index (κ3) is 3.07. The number of amides is 2. The number of anilines is 1. The van der Waals surface area contributed by atoms with Gasteiger partial charge in [-0.25, -0.2) is 0 Å². The Hall–Kier alpha value is -2.18. The van der Waals surface area contributed by atoms with Gasteiger partial charge in [-0.15, -0.1) is 5.10 Å². The first-order valence-electron chi connectivity index (χ1n) is 8.50. The molecular formula is C17H25N5O2. The predicted octanol–water partition coefficient (Wildman–Crippen LogP) is 0.692. The lowest BCUT2D eigenvalue weighted by Gasteiger charge is -2.27. The van der Waals surface area contributed by atoms with E-state index in [0.717, 1.165) is 31.0 Å². The highest BCUT2D eigenvalue weighted by molar-refractivity contribution is 6.07. The van der Waals surface area contributed by atoms with Crippen molar-refractivity contribution in [3.63, 3.8) is 0 Å². The largest absolute Gasteiger partial charge is 0.353 e. The van der Waals surface area contributed by atoms with Crippen molar-refractivity contribution in [3.05, 3.63) is 17.8 Å². The van der Waals surface area contributed by atoms with E-state index in [1.165, 1.54) is 4.90 Å². The normalized spacial score (nSPS) is 19.6. The van der Waals surface area contributed by atoms with E-state index >= 15 is 0 Å². The summed E-state index contributed by atoms with van der Waals surface area (Å²) in [5.41, 5.74) is 0.103. The first-order valence-corrected chi connectivity index (χ1v) is 8.50. The van der Waals surface area contributed by atoms with Crippen molar-refractivity contribution in [1.82, 2.24) is 20.0 Å². The van der Waals surface area contributed by atoms with Crippen LogP contribution >= 0.6 is 0 Å². The topological polar surface area (TPSA) is 69.6 Å². The molecule has 2 fully saturated rings. The van der Waals surface area contributed by atoms with E-state index in [1.54, 1.807) is 14.1 Å². The number of hydrogen-bond donors (Lipinski definition) is 0. The van der Waals surface area contributed by atoms with Crippen LogP contribution in [0.5, 0.6) is 0 Å². The molecule has 1 saturated heterocycles. The third-order valence-electron chi connectivity index (χ3n) is 4.87. The fourth-order valence-electron chi connectivity index (χ4n) is 3.29. The van der Waals surface area contributed by atoms with Gasteiger partial charge in [-0.2, -0.15) is 5.10 Å². The molecule has 1 aromatic rings. The smallest absolute Gasteiger partial charge is 0.238 e. The number of nitrogens with zero attached hydrogens (tertiary/aromatic N) is 5. The molecule has 24 heavy (non-hydrogen) atoms. The summed E-state index contributed by atoms with van der Waals surface area (Å²) in [4.78, 5) is 30.8. The monoisotopic (exact) mass is 331 g/mol. The highest BCUT2D eigenvalue weighted by Gasteiger charge is 2.58. The van der Waals surface area contributed by atoms with Gasteiger partial charge in [0.1, 0.15) is 5.41 Å². The molecule has 0 aromatic carbocycles. The molecule has 3 rings (SSSR count). The van der Waals surface area contributed by atoms with E-state index in [4.69, 9.17) is 0 Å². The van der Waals surface area contributed by atoms with Crippen molar-refractivity contribution in [2.24, 2.45) is 5.41 Å². The minimum absolute atomic E-state index is 0.00181. The second-order valence-electron chi connectivity index (χ2n) is 6.95. The molecule has 0 spiro atoms. The number of hydrogen-bond acceptors (Lipinski definition) is 5. The molecule has 7 heteroatoms. The zero-order valence-electron chi connectivity index (χ0n) is 14.7. The van der Waals surface area contributed by atoms with E-state index in [0.29, 0.717) is 25.9 Å². The zero-order valence-corrected chi connectivity index (χ0v) is 14.7. The summed E-state index contributed by atoms with van der Waals surface area (Å²) in [6.07, 6.45) is 2.21. The summed E-state index contributed by atoms with van der Waals surface area (Å²) in [6.45, 7) is 4.79. The van der Waals surface area contributed by atoms with E-state index < -0.39 is 5.41 Å². The van der Waals surface area contributed by atoms with Gasteiger partial charge in [-0.05, 0) is 38.3 Å². The predicted molar refractivity (Wildman–Crippen MR) is 90.5 cm³/mol. The maximum Gasteiger partial charge on any atom is 0.238 e. The van der Waals surface area contributed by atoms with Gasteiger partial charge < -0.3 is 14.7 Å². The van der Waals surface area contributed by atoms with Crippen LogP contribution in [0.25, 0.3) is 0 Å². The second kappa shape index (κ2) is 6.37. The Morgan fingerprint density at radius 2 is 1.83 bits per heavy atom. The van der Waals surface area contributed by atoms with Crippen LogP contribution in [0, 0.1) is 12.3 Å². The molecule has 1 aliphatic carbocycles. The molecule has 2 heterocycles. The lowest BCUT2D eigenvalue weighted by molar-refractivity contribution is -0.148. The third-order valence-corrected chi connectivity index (χ3v) is 4.87. The first-order chi connectivity index (χ1) is 11.4. The SMILES string of the molecule is Cc1ccc(N2CCCN(C(=O)C3(C(=O)N(C)C)CC3)CC2)nn1. The Morgan fingerprint density at radius 3 is 2.42 bits per heavy atom. The van der Waals surface area contributed by atoms with Gasteiger partial charge >= 0.3 is 0 Å². The first kappa shape index (κ1) is 16.7. The maximum atomic E-state index is 12.9. The van der Waals surface area contributed by atoms with Crippen molar-refractivity contribution in [3.8, 4) is 0 Å². The van der Waals surface area contributed by atoms with Gasteiger partial charge in [0.05, 0.1) is 5.69 Å². The average molecular weight is 331 g/mol. The van der Waals surface area contributed by atoms with Crippen LogP contribution in [0.4, 0.5) is 5.82 Å². The van der Waals surface area contributed by atoms with Crippen molar-refractivity contribution >= 4 is 17.6 Å². The number of aromatic nitrogens is 2. The summed E-state index contributed by atoms with van der Waals surface area (Å²) < 4.78 is 0. The Balaban J connectivity index is 1.66. The Kier molecular flexibility index (Phi) is 4.43. The van der Waals surface area contributed by atoms with Crippen LogP contribution in [-0.4, -0.2) is 72.1 Å². The Labute approximate surface area is 142 Å². The summed E-state index contributed by atoms with van der Waals surface area (Å²) >= 11 is 0. The summed E-state index contributed by atoms with van der Waals surface area (Å²) in [6, 6.07) is 3.92. The lowest BCUT2D eigenvalue weighted by atomic mass is 10.0. The van der Waals surface area contributed by atoms with Crippen LogP contribution in [0.15, 0.2) is 12.1 Å². The summed E-state index contributed by atoms with van der Waals surface area (Å²) in [7, 11) is 3.44. The molecule has 0 unspecified atom stereocenters. The number of carbonyl (C=O) groups excluding carboxylic acids is 2. The molecule has 0 atom stereocenters. The number of rotatable bonds is 3. The molecule has 130 valence electrons. The molecule has 0 bridgehead atoms. The maximum absolute atomic E-state index is 12.9. The minimum atomic E-state index is -0.789. The van der Waals surface area contributed by atoms with Crippen LogP contribution in [-0.2, 0) is 9.59 Å². The van der Waals surface area contributed by atoms with Crippen molar-refractivity contribution in [2.45, 2.75) is 26.2 Å². The summed E-state index contributed by atoms with van der Waals surface area (Å²) in [5, 5.41) is 8.35. The summed E-state index contributed by atoms with van der Waals surface area (Å²) in [5.74, 6) is 0.788. The zero-order chi connectivity index (χ0) is 17.3. The fourth-order valence-corrected chi connectivity index (χ4v) is 3.29. The van der Waals surface area contributed by atoms with Gasteiger partial charge in [-0.1, -0.05) is 0 Å². The second-order valence-corrected chi connectivity index (χ2v) is 6.95. The van der Waals surface area contributed by atoms with Crippen LogP contribution in [0.2, 0.25) is 0 Å². The molecule has 1 saturated carbocycles. The van der Waals surface area contributed by atoms with Crippen LogP contribution < -0.4 is 4.90 Å². The quantitative estimate of drug-likeness (QED) is 0.762. The minimum Gasteiger partial charge on any atom is -0.353 e. The highest BCUT2D eigenvalue weighted by atomic mass is 16.2. The average Bonchev–Trinajstić information content (AvgIpc) is 3.39. The molecular weight excluding hydrogens is 306 g/mol. The van der Waals surface area contributed by atoms with E-state index in [9.17, 15) is 9.59 Å². The molecule has 0 radical (unpaired) electrons. The molecule has 1 aromatic heterocycles. The molecule has 1 aliphatic heterocycles. The van der Waals surface area contributed by atoms with Gasteiger partial charge in [0.25, 0.3) is 0 Å². The number of aryl methyl sites for hydroxylation is 1. The fraction of sp³-hybridized carbons (Fsp3) is 0.647. The van der Waals surface area contributed by atoms with Gasteiger partial charge in [0.15, 0.2) is 5.82 Å². The molecule has 0 N–H and O–H groups in total. The van der Waals surface area contributed by atoms with Crippen LogP contribution in [0.3, 0.4) is 0 Å². The Morgan fingerprint density at radius 1 is 1.08 bits per heavy atom. The van der Waals surface area contributed by atoms with Gasteiger partial charge in [0, 0.05) is 40.3 Å². The lowest BCUT2D eigenvalue weighted by Crippen LogP contribution is -2.46. The van der Waals surface area contributed by atoms with Crippen molar-refractivity contribution in [2.75, 3.05) is 45.2 Å². The molecule has 2 aliphatic rings. The van der Waals surface area contributed by atoms with E-state index in [1.807, 2.05) is 24.0 Å². The van der Waals surface area contributed by atoms with Gasteiger partial charge in [-0.3, -0.25) is 9.59 Å². The highest BCUT2D eigenvalue weighted by Crippen LogP contribution is 2.48.